The van der Waals surface area contributed by atoms with Crippen molar-refractivity contribution in [3.05, 3.63) is 36.5 Å². The molecule has 4 heteroatoms. The van der Waals surface area contributed by atoms with Gasteiger partial charge in [0, 0.05) is 6.42 Å². The number of unbranched alkanes of at least 4 members (excludes halogenated alkanes) is 29. The van der Waals surface area contributed by atoms with E-state index in [-0.39, 0.29) is 12.5 Å². The number of hydrogen-bond acceptors (Lipinski definition) is 3. The molecule has 1 amide bonds. The largest absolute Gasteiger partial charge is 0.394 e. The first kappa shape index (κ1) is 48.6. The van der Waals surface area contributed by atoms with Crippen molar-refractivity contribution in [3.8, 4) is 0 Å². The van der Waals surface area contributed by atoms with Crippen LogP contribution in [0.1, 0.15) is 232 Å². The Hall–Kier alpha value is -1.39. The molecule has 2 unspecified atom stereocenters. The molecule has 0 aromatic heterocycles. The van der Waals surface area contributed by atoms with Crippen LogP contribution in [-0.4, -0.2) is 34.9 Å². The average Bonchev–Trinajstić information content (AvgIpc) is 3.12. The normalized spacial score (nSPS) is 13.3. The fourth-order valence-corrected chi connectivity index (χ4v) is 6.68. The van der Waals surface area contributed by atoms with Crippen LogP contribution in [0.25, 0.3) is 0 Å². The highest BCUT2D eigenvalue weighted by molar-refractivity contribution is 5.76. The summed E-state index contributed by atoms with van der Waals surface area (Å²) in [5.41, 5.74) is 0. The quantitative estimate of drug-likeness (QED) is 0.0440. The highest BCUT2D eigenvalue weighted by atomic mass is 16.3. The van der Waals surface area contributed by atoms with Gasteiger partial charge in [-0.15, -0.1) is 0 Å². The zero-order valence-corrected chi connectivity index (χ0v) is 33.7. The number of carbonyl (C=O) groups is 1. The van der Waals surface area contributed by atoms with Gasteiger partial charge in [-0.2, -0.15) is 0 Å². The van der Waals surface area contributed by atoms with E-state index in [1.807, 2.05) is 6.08 Å². The molecule has 0 spiro atoms. The third kappa shape index (κ3) is 37.9. The topological polar surface area (TPSA) is 69.6 Å². The predicted octanol–water partition coefficient (Wildman–Crippen LogP) is 13.8. The summed E-state index contributed by atoms with van der Waals surface area (Å²) >= 11 is 0. The van der Waals surface area contributed by atoms with Crippen LogP contribution in [0, 0.1) is 0 Å². The van der Waals surface area contributed by atoms with E-state index in [1.165, 1.54) is 173 Å². The van der Waals surface area contributed by atoms with Gasteiger partial charge < -0.3 is 15.5 Å². The van der Waals surface area contributed by atoms with Gasteiger partial charge in [0.2, 0.25) is 5.91 Å². The van der Waals surface area contributed by atoms with Gasteiger partial charge in [0.15, 0.2) is 0 Å². The standard InChI is InChI=1S/C46H87NO3/c1-3-5-7-9-11-13-15-17-18-19-20-21-22-23-24-25-26-27-28-30-32-34-36-38-40-42-46(50)47-44(43-48)45(49)41-39-37-35-33-31-29-16-14-12-10-8-6-4-2/h12,14,31,33,39,41,44-45,48-49H,3-11,13,15-30,32,34-38,40,42-43H2,1-2H3,(H,47,50)/b14-12+,33-31+,41-39+. The second kappa shape index (κ2) is 42.0. The minimum atomic E-state index is -0.866. The summed E-state index contributed by atoms with van der Waals surface area (Å²) < 4.78 is 0. The minimum absolute atomic E-state index is 0.0760. The lowest BCUT2D eigenvalue weighted by atomic mass is 10.0. The number of amides is 1. The monoisotopic (exact) mass is 702 g/mol. The molecule has 0 radical (unpaired) electrons. The maximum atomic E-state index is 12.4. The number of aliphatic hydroxyl groups excluding tert-OH is 2. The van der Waals surface area contributed by atoms with E-state index in [1.54, 1.807) is 6.08 Å². The van der Waals surface area contributed by atoms with Crippen LogP contribution in [0.4, 0.5) is 0 Å². The molecule has 0 rings (SSSR count). The second-order valence-corrected chi connectivity index (χ2v) is 15.1. The van der Waals surface area contributed by atoms with E-state index >= 15 is 0 Å². The molecule has 0 aliphatic rings. The highest BCUT2D eigenvalue weighted by Gasteiger charge is 2.17. The summed E-state index contributed by atoms with van der Waals surface area (Å²) in [6.45, 7) is 4.27. The molecule has 2 atom stereocenters. The van der Waals surface area contributed by atoms with Gasteiger partial charge in [0.25, 0.3) is 0 Å². The molecule has 0 heterocycles. The molecule has 4 nitrogen and oxygen atoms in total. The number of allylic oxidation sites excluding steroid dienone is 5. The average molecular weight is 702 g/mol. The lowest BCUT2D eigenvalue weighted by Crippen LogP contribution is -2.45. The SMILES string of the molecule is CCCCC/C=C/CC/C=C/CC/C=C/C(O)C(CO)NC(=O)CCCCCCCCCCCCCCCCCCCCCCCCCCC. The summed E-state index contributed by atoms with van der Waals surface area (Å²) in [5.74, 6) is -0.0760. The Morgan fingerprint density at radius 1 is 0.460 bits per heavy atom. The molecular weight excluding hydrogens is 615 g/mol. The summed E-state index contributed by atoms with van der Waals surface area (Å²) in [5, 5.41) is 22.9. The number of hydrogen-bond donors (Lipinski definition) is 3. The van der Waals surface area contributed by atoms with Crippen LogP contribution in [-0.2, 0) is 4.79 Å². The second-order valence-electron chi connectivity index (χ2n) is 15.1. The molecule has 0 bridgehead atoms. The zero-order chi connectivity index (χ0) is 36.4. The third-order valence-corrected chi connectivity index (χ3v) is 10.1. The van der Waals surface area contributed by atoms with Crippen molar-refractivity contribution in [2.45, 2.75) is 244 Å². The van der Waals surface area contributed by atoms with Crippen LogP contribution in [0.2, 0.25) is 0 Å². The van der Waals surface area contributed by atoms with E-state index in [0.717, 1.165) is 38.5 Å². The molecule has 50 heavy (non-hydrogen) atoms. The summed E-state index contributed by atoms with van der Waals surface area (Å²) in [7, 11) is 0. The fraction of sp³-hybridized carbons (Fsp3) is 0.848. The van der Waals surface area contributed by atoms with Crippen molar-refractivity contribution in [1.29, 1.82) is 0 Å². The first-order valence-corrected chi connectivity index (χ1v) is 22.2. The molecule has 0 saturated carbocycles. The maximum absolute atomic E-state index is 12.4. The van der Waals surface area contributed by atoms with E-state index < -0.39 is 12.1 Å². The van der Waals surface area contributed by atoms with E-state index in [9.17, 15) is 15.0 Å². The van der Waals surface area contributed by atoms with Crippen LogP contribution < -0.4 is 5.32 Å². The smallest absolute Gasteiger partial charge is 0.220 e. The van der Waals surface area contributed by atoms with E-state index in [2.05, 4.69) is 43.5 Å². The van der Waals surface area contributed by atoms with Gasteiger partial charge in [-0.1, -0.05) is 217 Å². The van der Waals surface area contributed by atoms with Gasteiger partial charge in [0.1, 0.15) is 0 Å². The lowest BCUT2D eigenvalue weighted by molar-refractivity contribution is -0.123. The first-order chi connectivity index (χ1) is 24.7. The Morgan fingerprint density at radius 3 is 1.16 bits per heavy atom. The van der Waals surface area contributed by atoms with Crippen molar-refractivity contribution in [2.24, 2.45) is 0 Å². The number of aliphatic hydroxyl groups is 2. The van der Waals surface area contributed by atoms with Gasteiger partial charge in [-0.05, 0) is 44.9 Å². The van der Waals surface area contributed by atoms with Crippen molar-refractivity contribution < 1.29 is 15.0 Å². The maximum Gasteiger partial charge on any atom is 0.220 e. The minimum Gasteiger partial charge on any atom is -0.394 e. The van der Waals surface area contributed by atoms with Crippen molar-refractivity contribution in [3.63, 3.8) is 0 Å². The Balaban J connectivity index is 3.51. The summed E-state index contributed by atoms with van der Waals surface area (Å²) in [6, 6.07) is -0.641. The van der Waals surface area contributed by atoms with Crippen LogP contribution in [0.3, 0.4) is 0 Å². The molecule has 0 saturated heterocycles. The first-order valence-electron chi connectivity index (χ1n) is 22.2. The van der Waals surface area contributed by atoms with Gasteiger partial charge in [-0.25, -0.2) is 0 Å². The molecule has 0 aliphatic heterocycles. The molecule has 0 aromatic rings. The van der Waals surface area contributed by atoms with Crippen LogP contribution in [0.15, 0.2) is 36.5 Å². The summed E-state index contributed by atoms with van der Waals surface area (Å²) in [6.07, 6.45) is 55.5. The van der Waals surface area contributed by atoms with Crippen LogP contribution >= 0.6 is 0 Å². The molecule has 0 aromatic carbocycles. The Bertz CT molecular complexity index is 760. The van der Waals surface area contributed by atoms with Crippen molar-refractivity contribution >= 4 is 5.91 Å². The summed E-state index contributed by atoms with van der Waals surface area (Å²) in [4.78, 5) is 12.4. The lowest BCUT2D eigenvalue weighted by Gasteiger charge is -2.19. The molecule has 0 fully saturated rings. The third-order valence-electron chi connectivity index (χ3n) is 10.1. The van der Waals surface area contributed by atoms with E-state index in [4.69, 9.17) is 0 Å². The Morgan fingerprint density at radius 2 is 0.780 bits per heavy atom. The number of carbonyl (C=O) groups excluding carboxylic acids is 1. The van der Waals surface area contributed by atoms with Gasteiger partial charge >= 0.3 is 0 Å². The Labute approximate surface area is 312 Å². The number of rotatable bonds is 40. The van der Waals surface area contributed by atoms with Gasteiger partial charge in [-0.3, -0.25) is 4.79 Å². The van der Waals surface area contributed by atoms with E-state index in [0.29, 0.717) is 6.42 Å². The zero-order valence-electron chi connectivity index (χ0n) is 33.7. The molecule has 294 valence electrons. The highest BCUT2D eigenvalue weighted by Crippen LogP contribution is 2.16. The van der Waals surface area contributed by atoms with Crippen molar-refractivity contribution in [1.82, 2.24) is 5.32 Å². The molecule has 0 aliphatic carbocycles. The Kier molecular flexibility index (Phi) is 40.9. The van der Waals surface area contributed by atoms with Crippen molar-refractivity contribution in [2.75, 3.05) is 6.61 Å². The van der Waals surface area contributed by atoms with Crippen LogP contribution in [0.5, 0.6) is 0 Å². The molecular formula is C46H87NO3. The molecule has 3 N–H and O–H groups in total. The van der Waals surface area contributed by atoms with Gasteiger partial charge in [0.05, 0.1) is 18.8 Å². The number of nitrogens with one attached hydrogen (secondary N) is 1. The fourth-order valence-electron chi connectivity index (χ4n) is 6.68. The predicted molar refractivity (Wildman–Crippen MR) is 221 cm³/mol.